The Morgan fingerprint density at radius 1 is 1.05 bits per heavy atom. The molecule has 2 nitrogen and oxygen atoms in total. The van der Waals surface area contributed by atoms with E-state index in [1.54, 1.807) is 12.7 Å². The highest BCUT2D eigenvalue weighted by molar-refractivity contribution is 5.48. The number of nitrogens with two attached hydrogens (primary N) is 1. The van der Waals surface area contributed by atoms with Gasteiger partial charge in [0.1, 0.15) is 5.75 Å². The summed E-state index contributed by atoms with van der Waals surface area (Å²) in [7, 11) is 1.80. The van der Waals surface area contributed by atoms with E-state index < -0.39 is 0 Å². The van der Waals surface area contributed by atoms with Gasteiger partial charge in [0, 0.05) is 17.5 Å². The lowest BCUT2D eigenvalue weighted by Crippen LogP contribution is -2.32. The Hall–Kier alpha value is -1.02. The second kappa shape index (κ2) is 5.16. The summed E-state index contributed by atoms with van der Waals surface area (Å²) in [5.74, 6) is 1.08. The van der Waals surface area contributed by atoms with Crippen LogP contribution >= 0.6 is 0 Å². The predicted octanol–water partition coefficient (Wildman–Crippen LogP) is 3.34. The molecule has 0 radical (unpaired) electrons. The molecule has 2 aliphatic rings. The maximum absolute atomic E-state index is 6.14. The van der Waals surface area contributed by atoms with E-state index in [1.165, 1.54) is 62.5 Å². The van der Waals surface area contributed by atoms with Crippen molar-refractivity contribution in [3.05, 3.63) is 28.8 Å². The number of aryl methyl sites for hydroxylation is 2. The first-order chi connectivity index (χ1) is 9.29. The zero-order valence-electron chi connectivity index (χ0n) is 12.0. The first-order valence-corrected chi connectivity index (χ1v) is 7.69. The Morgan fingerprint density at radius 3 is 2.26 bits per heavy atom. The fourth-order valence-corrected chi connectivity index (χ4v) is 3.98. The van der Waals surface area contributed by atoms with Crippen LogP contribution in [0.5, 0.6) is 5.75 Å². The number of fused-ring (bicyclic) bond motifs is 1. The Kier molecular flexibility index (Phi) is 3.53. The van der Waals surface area contributed by atoms with Gasteiger partial charge in [-0.15, -0.1) is 0 Å². The smallest absolute Gasteiger partial charge is 0.122 e. The van der Waals surface area contributed by atoms with Crippen LogP contribution < -0.4 is 10.5 Å². The molecule has 104 valence electrons. The average molecular weight is 259 g/mol. The molecule has 2 aliphatic carbocycles. The molecule has 0 aliphatic heterocycles. The summed E-state index contributed by atoms with van der Waals surface area (Å²) in [6.07, 6.45) is 10.1. The number of hydrogen-bond donors (Lipinski definition) is 1. The monoisotopic (exact) mass is 259 g/mol. The standard InChI is InChI=1S/C17H25NO/c1-19-16-11-14-7-3-2-6-13(14)10-15(16)17(12-18)8-4-5-9-17/h10-11H,2-9,12,18H2,1H3. The minimum atomic E-state index is 0.178. The van der Waals surface area contributed by atoms with Gasteiger partial charge in [-0.05, 0) is 55.7 Å². The van der Waals surface area contributed by atoms with Gasteiger partial charge < -0.3 is 10.5 Å². The lowest BCUT2D eigenvalue weighted by atomic mass is 9.76. The van der Waals surface area contributed by atoms with Crippen molar-refractivity contribution in [1.82, 2.24) is 0 Å². The van der Waals surface area contributed by atoms with Crippen LogP contribution in [0.1, 0.15) is 55.2 Å². The molecule has 1 aromatic carbocycles. The summed E-state index contributed by atoms with van der Waals surface area (Å²) < 4.78 is 5.70. The first kappa shape index (κ1) is 13.0. The Balaban J connectivity index is 2.08. The van der Waals surface area contributed by atoms with Crippen LogP contribution in [0.3, 0.4) is 0 Å². The van der Waals surface area contributed by atoms with Crippen LogP contribution in [0.15, 0.2) is 12.1 Å². The van der Waals surface area contributed by atoms with Gasteiger partial charge in [-0.1, -0.05) is 18.9 Å². The lowest BCUT2D eigenvalue weighted by Gasteiger charge is -2.31. The van der Waals surface area contributed by atoms with Gasteiger partial charge in [0.05, 0.1) is 7.11 Å². The zero-order chi connectivity index (χ0) is 13.3. The summed E-state index contributed by atoms with van der Waals surface area (Å²) in [6.45, 7) is 0.752. The minimum absolute atomic E-state index is 0.178. The molecular weight excluding hydrogens is 234 g/mol. The van der Waals surface area contributed by atoms with Crippen LogP contribution in [0.4, 0.5) is 0 Å². The van der Waals surface area contributed by atoms with Gasteiger partial charge in [-0.3, -0.25) is 0 Å². The Morgan fingerprint density at radius 2 is 1.68 bits per heavy atom. The van der Waals surface area contributed by atoms with Crippen molar-refractivity contribution in [2.75, 3.05) is 13.7 Å². The minimum Gasteiger partial charge on any atom is -0.496 e. The maximum atomic E-state index is 6.14. The van der Waals surface area contributed by atoms with Crippen molar-refractivity contribution < 1.29 is 4.74 Å². The van der Waals surface area contributed by atoms with Gasteiger partial charge in [0.2, 0.25) is 0 Å². The quantitative estimate of drug-likeness (QED) is 0.903. The molecule has 1 aromatic rings. The highest BCUT2D eigenvalue weighted by Crippen LogP contribution is 2.45. The molecule has 2 N–H and O–H groups in total. The SMILES string of the molecule is COc1cc2c(cc1C1(CN)CCCC1)CCCC2. The topological polar surface area (TPSA) is 35.2 Å². The lowest BCUT2D eigenvalue weighted by molar-refractivity contribution is 0.376. The third-order valence-corrected chi connectivity index (χ3v) is 5.19. The summed E-state index contributed by atoms with van der Waals surface area (Å²) in [5.41, 5.74) is 10.7. The van der Waals surface area contributed by atoms with E-state index in [0.717, 1.165) is 12.3 Å². The summed E-state index contributed by atoms with van der Waals surface area (Å²) in [5, 5.41) is 0. The summed E-state index contributed by atoms with van der Waals surface area (Å²) in [6, 6.07) is 4.71. The molecule has 0 amide bonds. The molecular formula is C17H25NO. The molecule has 1 saturated carbocycles. The van der Waals surface area contributed by atoms with E-state index in [-0.39, 0.29) is 5.41 Å². The number of hydrogen-bond acceptors (Lipinski definition) is 2. The van der Waals surface area contributed by atoms with Gasteiger partial charge >= 0.3 is 0 Å². The molecule has 1 fully saturated rings. The summed E-state index contributed by atoms with van der Waals surface area (Å²) in [4.78, 5) is 0. The van der Waals surface area contributed by atoms with E-state index in [0.29, 0.717) is 0 Å². The maximum Gasteiger partial charge on any atom is 0.122 e. The van der Waals surface area contributed by atoms with E-state index in [4.69, 9.17) is 10.5 Å². The molecule has 0 saturated heterocycles. The van der Waals surface area contributed by atoms with Crippen molar-refractivity contribution in [3.8, 4) is 5.75 Å². The molecule has 2 heteroatoms. The second-order valence-electron chi connectivity index (χ2n) is 6.22. The molecule has 19 heavy (non-hydrogen) atoms. The molecule has 3 rings (SSSR count). The third kappa shape index (κ3) is 2.16. The van der Waals surface area contributed by atoms with Crippen molar-refractivity contribution in [2.45, 2.75) is 56.8 Å². The van der Waals surface area contributed by atoms with E-state index >= 15 is 0 Å². The van der Waals surface area contributed by atoms with Crippen molar-refractivity contribution >= 4 is 0 Å². The highest BCUT2D eigenvalue weighted by Gasteiger charge is 2.37. The molecule has 0 spiro atoms. The van der Waals surface area contributed by atoms with Crippen molar-refractivity contribution in [1.29, 1.82) is 0 Å². The Bertz CT molecular complexity index is 461. The number of methoxy groups -OCH3 is 1. The van der Waals surface area contributed by atoms with Gasteiger partial charge in [0.25, 0.3) is 0 Å². The average Bonchev–Trinajstić information content (AvgIpc) is 2.96. The normalized spacial score (nSPS) is 21.2. The van der Waals surface area contributed by atoms with Crippen LogP contribution in [-0.2, 0) is 18.3 Å². The van der Waals surface area contributed by atoms with E-state index in [2.05, 4.69) is 12.1 Å². The number of rotatable bonds is 3. The van der Waals surface area contributed by atoms with Gasteiger partial charge in [-0.2, -0.15) is 0 Å². The summed E-state index contributed by atoms with van der Waals surface area (Å²) >= 11 is 0. The van der Waals surface area contributed by atoms with Gasteiger partial charge in [-0.25, -0.2) is 0 Å². The van der Waals surface area contributed by atoms with Crippen LogP contribution in [0.2, 0.25) is 0 Å². The molecule has 0 aromatic heterocycles. The second-order valence-corrected chi connectivity index (χ2v) is 6.22. The predicted molar refractivity (Wildman–Crippen MR) is 78.8 cm³/mol. The number of benzene rings is 1. The first-order valence-electron chi connectivity index (χ1n) is 7.69. The molecule has 0 heterocycles. The van der Waals surface area contributed by atoms with Gasteiger partial charge in [0.15, 0.2) is 0 Å². The van der Waals surface area contributed by atoms with Crippen LogP contribution in [0, 0.1) is 0 Å². The Labute approximate surface area is 116 Å². The van der Waals surface area contributed by atoms with Crippen LogP contribution in [-0.4, -0.2) is 13.7 Å². The van der Waals surface area contributed by atoms with E-state index in [9.17, 15) is 0 Å². The van der Waals surface area contributed by atoms with Crippen LogP contribution in [0.25, 0.3) is 0 Å². The zero-order valence-corrected chi connectivity index (χ0v) is 12.0. The van der Waals surface area contributed by atoms with Crippen molar-refractivity contribution in [3.63, 3.8) is 0 Å². The highest BCUT2D eigenvalue weighted by atomic mass is 16.5. The molecule has 0 atom stereocenters. The van der Waals surface area contributed by atoms with E-state index in [1.807, 2.05) is 0 Å². The fourth-order valence-electron chi connectivity index (χ4n) is 3.98. The number of ether oxygens (including phenoxy) is 1. The molecule has 0 bridgehead atoms. The largest absolute Gasteiger partial charge is 0.496 e. The fraction of sp³-hybridized carbons (Fsp3) is 0.647. The third-order valence-electron chi connectivity index (χ3n) is 5.19. The van der Waals surface area contributed by atoms with Crippen molar-refractivity contribution in [2.24, 2.45) is 5.73 Å². The molecule has 0 unspecified atom stereocenters.